The maximum Gasteiger partial charge on any atom is 3.00 e. The van der Waals surface area contributed by atoms with Crippen LogP contribution in [0.25, 0.3) is 0 Å². The van der Waals surface area contributed by atoms with Gasteiger partial charge in [-0.3, -0.25) is 0 Å². The van der Waals surface area contributed by atoms with E-state index in [9.17, 15) is 0 Å². The van der Waals surface area contributed by atoms with E-state index in [0.717, 1.165) is 29.6 Å². The van der Waals surface area contributed by atoms with E-state index in [1.54, 1.807) is 44.9 Å². The molecule has 0 bridgehead atoms. The Balaban J connectivity index is 0.00000161. The molecule has 0 aliphatic heterocycles. The molecule has 0 amide bonds. The zero-order chi connectivity index (χ0) is 13.8. The van der Waals surface area contributed by atoms with E-state index in [-0.39, 0.29) is 32.7 Å². The van der Waals surface area contributed by atoms with Gasteiger partial charge in [-0.1, -0.05) is 70.6 Å². The van der Waals surface area contributed by atoms with Crippen LogP contribution in [0.15, 0.2) is 0 Å². The Labute approximate surface area is 158 Å². The summed E-state index contributed by atoms with van der Waals surface area (Å²) in [6.07, 6.45) is 21.3. The van der Waals surface area contributed by atoms with Crippen LogP contribution in [0.1, 0.15) is 89.9 Å². The quantitative estimate of drug-likeness (QED) is 0.508. The standard InChI is InChI=1S/C20H35.Y/c1-16-7-9-17(10-8-16)15-18-11-13-20(14-12-18)19-5-3-2-4-6-19;/h16-20H,1-15H2;/q-1;+3. The molecule has 0 spiro atoms. The summed E-state index contributed by atoms with van der Waals surface area (Å²) in [5.41, 5.74) is 0. The summed E-state index contributed by atoms with van der Waals surface area (Å²) in [6.45, 7) is 4.24. The number of hydrogen-bond acceptors (Lipinski definition) is 0. The van der Waals surface area contributed by atoms with Crippen LogP contribution in [0.2, 0.25) is 0 Å². The van der Waals surface area contributed by atoms with Crippen molar-refractivity contribution in [2.45, 2.75) is 89.9 Å². The van der Waals surface area contributed by atoms with Crippen LogP contribution in [0.4, 0.5) is 0 Å². The maximum absolute atomic E-state index is 4.24. The summed E-state index contributed by atoms with van der Waals surface area (Å²) < 4.78 is 0. The average molecular weight is 364 g/mol. The molecular formula is C20H35Y+2. The predicted octanol–water partition coefficient (Wildman–Crippen LogP) is 6.40. The summed E-state index contributed by atoms with van der Waals surface area (Å²) in [6, 6.07) is 0. The minimum atomic E-state index is 0. The first kappa shape index (κ1) is 18.4. The topological polar surface area (TPSA) is 0 Å². The van der Waals surface area contributed by atoms with Gasteiger partial charge in [0, 0.05) is 0 Å². The first-order valence-electron chi connectivity index (χ1n) is 9.64. The van der Waals surface area contributed by atoms with Crippen molar-refractivity contribution in [2.24, 2.45) is 29.6 Å². The summed E-state index contributed by atoms with van der Waals surface area (Å²) in [7, 11) is 0. The Morgan fingerprint density at radius 3 is 1.62 bits per heavy atom. The average Bonchev–Trinajstić information content (AvgIpc) is 2.51. The molecule has 1 heteroatoms. The van der Waals surface area contributed by atoms with Crippen molar-refractivity contribution in [3.8, 4) is 0 Å². The summed E-state index contributed by atoms with van der Waals surface area (Å²) >= 11 is 0. The second kappa shape index (κ2) is 9.41. The first-order chi connectivity index (χ1) is 9.81. The second-order valence-corrected chi connectivity index (χ2v) is 8.30. The van der Waals surface area contributed by atoms with Gasteiger partial charge >= 0.3 is 32.7 Å². The monoisotopic (exact) mass is 364 g/mol. The van der Waals surface area contributed by atoms with Crippen LogP contribution < -0.4 is 0 Å². The third-order valence-corrected chi connectivity index (χ3v) is 6.84. The largest absolute Gasteiger partial charge is 3.00 e. The molecule has 0 radical (unpaired) electrons. The van der Waals surface area contributed by atoms with Crippen LogP contribution in [0.3, 0.4) is 0 Å². The molecule has 0 aromatic rings. The fourth-order valence-corrected chi connectivity index (χ4v) is 5.44. The molecule has 3 rings (SSSR count). The smallest absolute Gasteiger partial charge is 0.340 e. The van der Waals surface area contributed by atoms with Crippen molar-refractivity contribution >= 4 is 0 Å². The van der Waals surface area contributed by atoms with Crippen LogP contribution in [-0.4, -0.2) is 0 Å². The predicted molar refractivity (Wildman–Crippen MR) is 87.4 cm³/mol. The molecule has 0 aromatic carbocycles. The zero-order valence-electron chi connectivity index (χ0n) is 14.1. The van der Waals surface area contributed by atoms with Crippen LogP contribution in [0.5, 0.6) is 0 Å². The fourth-order valence-electron chi connectivity index (χ4n) is 5.44. The van der Waals surface area contributed by atoms with E-state index in [0.29, 0.717) is 0 Å². The number of rotatable bonds is 3. The molecule has 116 valence electrons. The Bertz CT molecular complexity index is 266. The molecule has 0 aromatic heterocycles. The zero-order valence-corrected chi connectivity index (χ0v) is 16.9. The van der Waals surface area contributed by atoms with Crippen LogP contribution in [0, 0.1) is 36.5 Å². The Kier molecular flexibility index (Phi) is 8.27. The minimum Gasteiger partial charge on any atom is -0.340 e. The van der Waals surface area contributed by atoms with E-state index >= 15 is 0 Å². The molecule has 0 unspecified atom stereocenters. The van der Waals surface area contributed by atoms with E-state index in [1.165, 1.54) is 44.9 Å². The normalized spacial score (nSPS) is 38.7. The fraction of sp³-hybridized carbons (Fsp3) is 0.950. The van der Waals surface area contributed by atoms with Gasteiger partial charge in [-0.15, -0.1) is 0 Å². The first-order valence-corrected chi connectivity index (χ1v) is 9.64. The van der Waals surface area contributed by atoms with Gasteiger partial charge in [-0.2, -0.15) is 5.92 Å². The van der Waals surface area contributed by atoms with Crippen LogP contribution in [-0.2, 0) is 32.7 Å². The second-order valence-electron chi connectivity index (χ2n) is 8.30. The Hall–Kier alpha value is 1.10. The van der Waals surface area contributed by atoms with Crippen molar-refractivity contribution < 1.29 is 32.7 Å². The maximum atomic E-state index is 4.24. The van der Waals surface area contributed by atoms with E-state index < -0.39 is 0 Å². The van der Waals surface area contributed by atoms with Gasteiger partial charge in [-0.05, 0) is 42.9 Å². The molecule has 0 nitrogen and oxygen atoms in total. The van der Waals surface area contributed by atoms with Crippen LogP contribution >= 0.6 is 0 Å². The van der Waals surface area contributed by atoms with E-state index in [1.807, 2.05) is 0 Å². The van der Waals surface area contributed by atoms with Gasteiger partial charge in [-0.25, -0.2) is 0 Å². The van der Waals surface area contributed by atoms with Gasteiger partial charge in [0.25, 0.3) is 0 Å². The van der Waals surface area contributed by atoms with E-state index in [4.69, 9.17) is 0 Å². The summed E-state index contributed by atoms with van der Waals surface area (Å²) in [5.74, 6) is 5.15. The molecule has 3 aliphatic rings. The summed E-state index contributed by atoms with van der Waals surface area (Å²) in [4.78, 5) is 0. The molecule has 21 heavy (non-hydrogen) atoms. The third kappa shape index (κ3) is 5.59. The van der Waals surface area contributed by atoms with Crippen molar-refractivity contribution in [1.82, 2.24) is 0 Å². The molecule has 0 heterocycles. The van der Waals surface area contributed by atoms with Gasteiger partial charge in [0.2, 0.25) is 0 Å². The van der Waals surface area contributed by atoms with Gasteiger partial charge in [0.1, 0.15) is 0 Å². The van der Waals surface area contributed by atoms with Crippen molar-refractivity contribution in [2.75, 3.05) is 0 Å². The molecular weight excluding hydrogens is 329 g/mol. The van der Waals surface area contributed by atoms with E-state index in [2.05, 4.69) is 6.92 Å². The third-order valence-electron chi connectivity index (χ3n) is 6.84. The number of hydrogen-bond donors (Lipinski definition) is 0. The molecule has 3 saturated carbocycles. The van der Waals surface area contributed by atoms with Gasteiger partial charge in [0.05, 0.1) is 0 Å². The van der Waals surface area contributed by atoms with Gasteiger partial charge in [0.15, 0.2) is 0 Å². The van der Waals surface area contributed by atoms with Gasteiger partial charge < -0.3 is 6.92 Å². The molecule has 3 fully saturated rings. The SMILES string of the molecule is [CH2-]C1CCC(CC2CCC(C3CCCCC3)CC2)CC1.[Y+3]. The molecule has 0 atom stereocenters. The van der Waals surface area contributed by atoms with Crippen molar-refractivity contribution in [3.63, 3.8) is 0 Å². The summed E-state index contributed by atoms with van der Waals surface area (Å²) in [5, 5.41) is 0. The Morgan fingerprint density at radius 2 is 1.05 bits per heavy atom. The molecule has 0 N–H and O–H groups in total. The minimum absolute atomic E-state index is 0. The molecule has 0 saturated heterocycles. The van der Waals surface area contributed by atoms with Crippen molar-refractivity contribution in [3.05, 3.63) is 6.92 Å². The van der Waals surface area contributed by atoms with Crippen molar-refractivity contribution in [1.29, 1.82) is 0 Å². The Morgan fingerprint density at radius 1 is 0.571 bits per heavy atom. The molecule has 3 aliphatic carbocycles.